The van der Waals surface area contributed by atoms with E-state index >= 15 is 0 Å². The van der Waals surface area contributed by atoms with Crippen LogP contribution in [0.5, 0.6) is 0 Å². The second-order valence-electron chi connectivity index (χ2n) is 7.01. The molecule has 2 heterocycles. The van der Waals surface area contributed by atoms with E-state index in [1.54, 1.807) is 17.2 Å². The fraction of sp³-hybridized carbons (Fsp3) is 0.500. The van der Waals surface area contributed by atoms with Gasteiger partial charge in [-0.2, -0.15) is 0 Å². The van der Waals surface area contributed by atoms with Crippen LogP contribution < -0.4 is 0 Å². The van der Waals surface area contributed by atoms with Gasteiger partial charge in [0.1, 0.15) is 5.71 Å². The summed E-state index contributed by atoms with van der Waals surface area (Å²) < 4.78 is 0. The van der Waals surface area contributed by atoms with E-state index < -0.39 is 0 Å². The third-order valence-corrected chi connectivity index (χ3v) is 3.50. The number of oxime groups is 1. The van der Waals surface area contributed by atoms with Gasteiger partial charge < -0.3 is 9.74 Å². The molecule has 0 aliphatic carbocycles. The van der Waals surface area contributed by atoms with Crippen LogP contribution in [0.3, 0.4) is 0 Å². The van der Waals surface area contributed by atoms with Gasteiger partial charge in [0.25, 0.3) is 0 Å². The molecule has 5 nitrogen and oxygen atoms in total. The molecule has 2 rings (SSSR count). The molecule has 23 heavy (non-hydrogen) atoms. The number of aromatic nitrogens is 1. The van der Waals surface area contributed by atoms with Crippen LogP contribution in [0.1, 0.15) is 39.3 Å². The second-order valence-corrected chi connectivity index (χ2v) is 7.01. The molecule has 0 N–H and O–H groups in total. The van der Waals surface area contributed by atoms with Crippen molar-refractivity contribution in [1.82, 2.24) is 9.88 Å². The molecule has 0 saturated carbocycles. The van der Waals surface area contributed by atoms with Gasteiger partial charge in [0, 0.05) is 25.6 Å². The highest BCUT2D eigenvalue weighted by Gasteiger charge is 2.28. The Balaban J connectivity index is 1.95. The van der Waals surface area contributed by atoms with Gasteiger partial charge in [0.15, 0.2) is 6.10 Å². The summed E-state index contributed by atoms with van der Waals surface area (Å²) in [6.07, 6.45) is 4.52. The maximum Gasteiger partial charge on any atom is 0.223 e. The van der Waals surface area contributed by atoms with Crippen LogP contribution in [0.2, 0.25) is 0 Å². The lowest BCUT2D eigenvalue weighted by Gasteiger charge is -2.27. The monoisotopic (exact) mass is 315 g/mol. The zero-order chi connectivity index (χ0) is 16.9. The summed E-state index contributed by atoms with van der Waals surface area (Å²) in [6.45, 7) is 11.0. The van der Waals surface area contributed by atoms with E-state index in [2.05, 4.69) is 37.5 Å². The minimum Gasteiger partial charge on any atom is -0.390 e. The summed E-state index contributed by atoms with van der Waals surface area (Å²) in [4.78, 5) is 24.0. The number of carbonyl (C=O) groups excluding carboxylic acids is 1. The smallest absolute Gasteiger partial charge is 0.223 e. The van der Waals surface area contributed by atoms with Crippen LogP contribution in [-0.2, 0) is 9.63 Å². The third kappa shape index (κ3) is 5.20. The van der Waals surface area contributed by atoms with Gasteiger partial charge in [0.05, 0.1) is 12.2 Å². The first-order chi connectivity index (χ1) is 10.9. The van der Waals surface area contributed by atoms with Crippen LogP contribution >= 0.6 is 0 Å². The van der Waals surface area contributed by atoms with E-state index in [9.17, 15) is 4.79 Å². The normalized spacial score (nSPS) is 17.3. The number of hydrogen-bond donors (Lipinski definition) is 0. The number of nitrogens with zero attached hydrogens (tertiary/aromatic N) is 3. The molecule has 1 amide bonds. The van der Waals surface area contributed by atoms with E-state index in [1.165, 1.54) is 0 Å². The van der Waals surface area contributed by atoms with E-state index in [0.717, 1.165) is 11.4 Å². The molecule has 1 aliphatic heterocycles. The van der Waals surface area contributed by atoms with Crippen molar-refractivity contribution >= 4 is 11.6 Å². The van der Waals surface area contributed by atoms with Crippen LogP contribution in [0.4, 0.5) is 0 Å². The summed E-state index contributed by atoms with van der Waals surface area (Å²) in [5.74, 6) is 0.118. The molecular weight excluding hydrogens is 290 g/mol. The van der Waals surface area contributed by atoms with Crippen molar-refractivity contribution in [3.05, 3.63) is 42.7 Å². The fourth-order valence-corrected chi connectivity index (χ4v) is 2.46. The Labute approximate surface area is 138 Å². The molecule has 0 unspecified atom stereocenters. The lowest BCUT2D eigenvalue weighted by Crippen LogP contribution is -2.39. The van der Waals surface area contributed by atoms with Crippen LogP contribution in [-0.4, -0.2) is 40.7 Å². The molecule has 0 spiro atoms. The van der Waals surface area contributed by atoms with Gasteiger partial charge in [-0.3, -0.25) is 9.78 Å². The Morgan fingerprint density at radius 1 is 1.48 bits per heavy atom. The second kappa shape index (κ2) is 7.40. The maximum atomic E-state index is 12.5. The minimum absolute atomic E-state index is 0.0390. The van der Waals surface area contributed by atoms with Gasteiger partial charge >= 0.3 is 0 Å². The average molecular weight is 315 g/mol. The molecular formula is C18H25N3O2. The zero-order valence-electron chi connectivity index (χ0n) is 14.2. The zero-order valence-corrected chi connectivity index (χ0v) is 14.2. The van der Waals surface area contributed by atoms with Crippen molar-refractivity contribution in [2.24, 2.45) is 10.6 Å². The third-order valence-electron chi connectivity index (χ3n) is 3.50. The highest BCUT2D eigenvalue weighted by atomic mass is 16.6. The Morgan fingerprint density at radius 2 is 2.26 bits per heavy atom. The molecule has 5 heteroatoms. The van der Waals surface area contributed by atoms with Crippen molar-refractivity contribution in [2.45, 2.75) is 39.7 Å². The molecule has 1 aromatic rings. The molecule has 0 radical (unpaired) electrons. The molecule has 0 aromatic carbocycles. The van der Waals surface area contributed by atoms with Gasteiger partial charge in [-0.25, -0.2) is 0 Å². The fourth-order valence-electron chi connectivity index (χ4n) is 2.46. The lowest BCUT2D eigenvalue weighted by molar-refractivity contribution is -0.134. The van der Waals surface area contributed by atoms with E-state index in [1.807, 2.05) is 18.2 Å². The van der Waals surface area contributed by atoms with Crippen LogP contribution in [0, 0.1) is 5.41 Å². The largest absolute Gasteiger partial charge is 0.390 e. The van der Waals surface area contributed by atoms with Crippen molar-refractivity contribution < 1.29 is 9.63 Å². The minimum atomic E-state index is -0.129. The number of amides is 1. The Morgan fingerprint density at radius 3 is 2.87 bits per heavy atom. The van der Waals surface area contributed by atoms with Gasteiger partial charge in [-0.15, -0.1) is 6.58 Å². The topological polar surface area (TPSA) is 54.8 Å². The highest BCUT2D eigenvalue weighted by Crippen LogP contribution is 2.21. The molecule has 0 fully saturated rings. The Kier molecular flexibility index (Phi) is 5.53. The van der Waals surface area contributed by atoms with E-state index in [-0.39, 0.29) is 17.4 Å². The number of carbonyl (C=O) groups is 1. The van der Waals surface area contributed by atoms with Crippen molar-refractivity contribution in [3.63, 3.8) is 0 Å². The standard InChI is InChI=1S/C18H25N3O2/c1-5-10-21(17(22)12-18(2,3)4)13-14-11-16(20-23-14)15-8-6-7-9-19-15/h5-9,14H,1,10-13H2,2-4H3/t14-/m0/s1. The summed E-state index contributed by atoms with van der Waals surface area (Å²) in [5, 5.41) is 4.12. The first-order valence-electron chi connectivity index (χ1n) is 7.92. The van der Waals surface area contributed by atoms with Gasteiger partial charge in [-0.1, -0.05) is 38.1 Å². The number of hydrogen-bond acceptors (Lipinski definition) is 4. The molecule has 1 aliphatic rings. The van der Waals surface area contributed by atoms with Crippen molar-refractivity contribution in [1.29, 1.82) is 0 Å². The van der Waals surface area contributed by atoms with Crippen LogP contribution in [0.15, 0.2) is 42.2 Å². The quantitative estimate of drug-likeness (QED) is 0.758. The average Bonchev–Trinajstić information content (AvgIpc) is 2.94. The summed E-state index contributed by atoms with van der Waals surface area (Å²) in [6, 6.07) is 5.71. The molecule has 0 saturated heterocycles. The van der Waals surface area contributed by atoms with E-state index in [0.29, 0.717) is 25.9 Å². The predicted molar refractivity (Wildman–Crippen MR) is 91.1 cm³/mol. The summed E-state index contributed by atoms with van der Waals surface area (Å²) >= 11 is 0. The lowest BCUT2D eigenvalue weighted by atomic mass is 9.91. The summed E-state index contributed by atoms with van der Waals surface area (Å²) in [7, 11) is 0. The molecule has 124 valence electrons. The van der Waals surface area contributed by atoms with E-state index in [4.69, 9.17) is 4.84 Å². The van der Waals surface area contributed by atoms with Crippen molar-refractivity contribution in [2.75, 3.05) is 13.1 Å². The van der Waals surface area contributed by atoms with Crippen molar-refractivity contribution in [3.8, 4) is 0 Å². The molecule has 0 bridgehead atoms. The molecule has 1 aromatic heterocycles. The number of rotatable bonds is 6. The summed E-state index contributed by atoms with van der Waals surface area (Å²) in [5.41, 5.74) is 1.62. The SMILES string of the molecule is C=CCN(C[C@@H]1CC(c2ccccn2)=NO1)C(=O)CC(C)(C)C. The van der Waals surface area contributed by atoms with Gasteiger partial charge in [0.2, 0.25) is 5.91 Å². The van der Waals surface area contributed by atoms with Crippen LogP contribution in [0.25, 0.3) is 0 Å². The van der Waals surface area contributed by atoms with Gasteiger partial charge in [-0.05, 0) is 17.5 Å². The Hall–Kier alpha value is -2.17. The first-order valence-corrected chi connectivity index (χ1v) is 7.92. The predicted octanol–water partition coefficient (Wildman–Crippen LogP) is 3.03. The molecule has 1 atom stereocenters. The maximum absolute atomic E-state index is 12.5. The highest BCUT2D eigenvalue weighted by molar-refractivity contribution is 5.99. The first kappa shape index (κ1) is 17.2. The Bertz CT molecular complexity index is 576. The number of pyridine rings is 1.